The summed E-state index contributed by atoms with van der Waals surface area (Å²) in [5.74, 6) is 0.851. The molecule has 3 rings (SSSR count). The summed E-state index contributed by atoms with van der Waals surface area (Å²) >= 11 is 0. The van der Waals surface area contributed by atoms with E-state index in [0.717, 1.165) is 12.8 Å². The normalized spacial score (nSPS) is 25.3. The second kappa shape index (κ2) is 3.48. The van der Waals surface area contributed by atoms with E-state index in [-0.39, 0.29) is 6.04 Å². The zero-order valence-electron chi connectivity index (χ0n) is 10.5. The van der Waals surface area contributed by atoms with Gasteiger partial charge in [0, 0.05) is 6.04 Å². The molecule has 98 valence electrons. The molecule has 0 saturated heterocycles. The maximum Gasteiger partial charge on any atom is 0.222 e. The van der Waals surface area contributed by atoms with E-state index in [4.69, 9.17) is 10.5 Å². The molecule has 1 aliphatic carbocycles. The fourth-order valence-electron chi connectivity index (χ4n) is 2.44. The summed E-state index contributed by atoms with van der Waals surface area (Å²) in [4.78, 5) is -0.899. The molecule has 0 radical (unpaired) electrons. The third-order valence-electron chi connectivity index (χ3n) is 3.77. The lowest BCUT2D eigenvalue weighted by molar-refractivity contribution is 0.204. The molecule has 4 nitrogen and oxygen atoms in total. The Morgan fingerprint density at radius 2 is 2.06 bits per heavy atom. The van der Waals surface area contributed by atoms with Crippen molar-refractivity contribution in [2.75, 3.05) is 0 Å². The summed E-state index contributed by atoms with van der Waals surface area (Å²) in [5.41, 5.74) is 6.87. The van der Waals surface area contributed by atoms with Gasteiger partial charge in [0.25, 0.3) is 0 Å². The number of ether oxygens (including phenoxy) is 1. The molecule has 18 heavy (non-hydrogen) atoms. The van der Waals surface area contributed by atoms with E-state index in [1.54, 1.807) is 19.9 Å². The van der Waals surface area contributed by atoms with Crippen LogP contribution in [-0.4, -0.2) is 13.4 Å². The van der Waals surface area contributed by atoms with Crippen molar-refractivity contribution < 1.29 is 13.2 Å². The van der Waals surface area contributed by atoms with Gasteiger partial charge in [-0.15, -0.1) is 0 Å². The monoisotopic (exact) mass is 267 g/mol. The van der Waals surface area contributed by atoms with E-state index < -0.39 is 14.8 Å². The molecule has 0 amide bonds. The number of rotatable bonds is 2. The first-order valence-electron chi connectivity index (χ1n) is 6.17. The molecule has 1 aromatic rings. The molecule has 1 heterocycles. The fourth-order valence-corrected chi connectivity index (χ4v) is 4.02. The van der Waals surface area contributed by atoms with Crippen LogP contribution in [0.15, 0.2) is 23.1 Å². The highest BCUT2D eigenvalue weighted by Gasteiger charge is 2.49. The van der Waals surface area contributed by atoms with Gasteiger partial charge in [-0.05, 0) is 44.2 Å². The standard InChI is InChI=1S/C13H17NO3S/c1-13(2)17-10-5-3-4-9(11(14)8-6-7-8)12(10)18(13,15)16/h3-5,8,11H,6-7,14H2,1-2H3. The van der Waals surface area contributed by atoms with Gasteiger partial charge < -0.3 is 10.5 Å². The van der Waals surface area contributed by atoms with Gasteiger partial charge in [0.2, 0.25) is 14.8 Å². The molecule has 0 spiro atoms. The van der Waals surface area contributed by atoms with Crippen LogP contribution in [0.2, 0.25) is 0 Å². The van der Waals surface area contributed by atoms with Crippen LogP contribution < -0.4 is 10.5 Å². The first kappa shape index (κ1) is 12.0. The van der Waals surface area contributed by atoms with Crippen LogP contribution in [0.25, 0.3) is 0 Å². The second-order valence-electron chi connectivity index (χ2n) is 5.54. The average molecular weight is 267 g/mol. The third kappa shape index (κ3) is 1.50. The quantitative estimate of drug-likeness (QED) is 0.889. The van der Waals surface area contributed by atoms with Crippen molar-refractivity contribution in [2.45, 2.75) is 42.6 Å². The number of nitrogens with two attached hydrogens (primary N) is 1. The molecule has 2 aliphatic rings. The average Bonchev–Trinajstić information content (AvgIpc) is 3.07. The Hall–Kier alpha value is -1.07. The van der Waals surface area contributed by atoms with Gasteiger partial charge in [-0.1, -0.05) is 12.1 Å². The van der Waals surface area contributed by atoms with Crippen molar-refractivity contribution in [3.63, 3.8) is 0 Å². The fraction of sp³-hybridized carbons (Fsp3) is 0.538. The summed E-state index contributed by atoms with van der Waals surface area (Å²) < 4.78 is 30.5. The number of benzene rings is 1. The summed E-state index contributed by atoms with van der Waals surface area (Å²) in [6.07, 6.45) is 2.16. The maximum absolute atomic E-state index is 12.5. The molecule has 2 N–H and O–H groups in total. The Labute approximate surface area is 107 Å². The molecule has 5 heteroatoms. The summed E-state index contributed by atoms with van der Waals surface area (Å²) in [7, 11) is -3.47. The molecule has 0 bridgehead atoms. The van der Waals surface area contributed by atoms with Gasteiger partial charge in [0.15, 0.2) is 0 Å². The Bertz CT molecular complexity index is 603. The molecular formula is C13H17NO3S. The van der Waals surface area contributed by atoms with Gasteiger partial charge in [0.05, 0.1) is 0 Å². The van der Waals surface area contributed by atoms with E-state index >= 15 is 0 Å². The van der Waals surface area contributed by atoms with E-state index in [9.17, 15) is 8.42 Å². The Balaban J connectivity index is 2.19. The van der Waals surface area contributed by atoms with Crippen molar-refractivity contribution in [1.29, 1.82) is 0 Å². The highest BCUT2D eigenvalue weighted by atomic mass is 32.2. The molecule has 1 saturated carbocycles. The largest absolute Gasteiger partial charge is 0.470 e. The lowest BCUT2D eigenvalue weighted by atomic mass is 10.0. The van der Waals surface area contributed by atoms with Gasteiger partial charge in [-0.25, -0.2) is 8.42 Å². The molecule has 1 atom stereocenters. The predicted molar refractivity (Wildman–Crippen MR) is 68.0 cm³/mol. The van der Waals surface area contributed by atoms with Gasteiger partial charge in [-0.2, -0.15) is 0 Å². The smallest absolute Gasteiger partial charge is 0.222 e. The number of sulfone groups is 1. The molecule has 1 aromatic carbocycles. The summed E-state index contributed by atoms with van der Waals surface area (Å²) in [5, 5.41) is 0. The van der Waals surface area contributed by atoms with E-state index in [1.807, 2.05) is 12.1 Å². The number of hydrogen-bond acceptors (Lipinski definition) is 4. The van der Waals surface area contributed by atoms with E-state index in [1.165, 1.54) is 0 Å². The van der Waals surface area contributed by atoms with Crippen molar-refractivity contribution in [2.24, 2.45) is 11.7 Å². The lowest BCUT2D eigenvalue weighted by Crippen LogP contribution is -2.32. The minimum atomic E-state index is -3.47. The number of fused-ring (bicyclic) bond motifs is 1. The van der Waals surface area contributed by atoms with Crippen molar-refractivity contribution in [1.82, 2.24) is 0 Å². The van der Waals surface area contributed by atoms with Gasteiger partial charge in [-0.3, -0.25) is 0 Å². The van der Waals surface area contributed by atoms with E-state index in [2.05, 4.69) is 0 Å². The first-order chi connectivity index (χ1) is 8.34. The van der Waals surface area contributed by atoms with Crippen LogP contribution in [0, 0.1) is 5.92 Å². The summed E-state index contributed by atoms with van der Waals surface area (Å²) in [6, 6.07) is 5.12. The van der Waals surface area contributed by atoms with Gasteiger partial charge >= 0.3 is 0 Å². The minimum Gasteiger partial charge on any atom is -0.470 e. The molecule has 1 unspecified atom stereocenters. The Morgan fingerprint density at radius 3 is 2.67 bits per heavy atom. The number of hydrogen-bond donors (Lipinski definition) is 1. The predicted octanol–water partition coefficient (Wildman–Crippen LogP) is 2.00. The zero-order valence-corrected chi connectivity index (χ0v) is 11.3. The van der Waals surface area contributed by atoms with Crippen LogP contribution >= 0.6 is 0 Å². The second-order valence-corrected chi connectivity index (χ2v) is 7.94. The third-order valence-corrected chi connectivity index (χ3v) is 6.12. The van der Waals surface area contributed by atoms with Crippen molar-refractivity contribution in [3.8, 4) is 5.75 Å². The first-order valence-corrected chi connectivity index (χ1v) is 7.65. The van der Waals surface area contributed by atoms with Crippen molar-refractivity contribution in [3.05, 3.63) is 23.8 Å². The molecular weight excluding hydrogens is 250 g/mol. The highest BCUT2D eigenvalue weighted by Crippen LogP contribution is 2.48. The lowest BCUT2D eigenvalue weighted by Gasteiger charge is -2.17. The van der Waals surface area contributed by atoms with Crippen LogP contribution in [-0.2, 0) is 9.84 Å². The van der Waals surface area contributed by atoms with Crippen molar-refractivity contribution >= 4 is 9.84 Å². The maximum atomic E-state index is 12.5. The molecule has 1 aliphatic heterocycles. The molecule has 0 aromatic heterocycles. The Morgan fingerprint density at radius 1 is 1.39 bits per heavy atom. The zero-order chi connectivity index (χ0) is 13.1. The minimum absolute atomic E-state index is 0.202. The molecule has 1 fully saturated rings. The van der Waals surface area contributed by atoms with Crippen LogP contribution in [0.5, 0.6) is 5.75 Å². The summed E-state index contributed by atoms with van der Waals surface area (Å²) in [6.45, 7) is 3.16. The Kier molecular flexibility index (Phi) is 2.32. The van der Waals surface area contributed by atoms with E-state index in [0.29, 0.717) is 22.1 Å². The van der Waals surface area contributed by atoms with Crippen LogP contribution in [0.3, 0.4) is 0 Å². The SMILES string of the molecule is CC1(C)Oc2cccc(C(N)C3CC3)c2S1(=O)=O. The van der Waals surface area contributed by atoms with Crippen LogP contribution in [0.4, 0.5) is 0 Å². The van der Waals surface area contributed by atoms with Crippen LogP contribution in [0.1, 0.15) is 38.3 Å². The van der Waals surface area contributed by atoms with Gasteiger partial charge in [0.1, 0.15) is 10.6 Å². The highest BCUT2D eigenvalue weighted by molar-refractivity contribution is 7.93. The topological polar surface area (TPSA) is 69.4 Å².